The van der Waals surface area contributed by atoms with E-state index in [4.69, 9.17) is 5.73 Å². The first-order chi connectivity index (χ1) is 10.2. The molecule has 0 aromatic heterocycles. The van der Waals surface area contributed by atoms with Crippen molar-refractivity contribution in [3.63, 3.8) is 0 Å². The van der Waals surface area contributed by atoms with Gasteiger partial charge in [0, 0.05) is 30.9 Å². The zero-order valence-corrected chi connectivity index (χ0v) is 11.8. The number of nitro benzene ring substituents is 1. The van der Waals surface area contributed by atoms with Crippen LogP contribution in [0.3, 0.4) is 0 Å². The molecule has 0 heterocycles. The number of non-ortho nitro benzene ring substituents is 1. The van der Waals surface area contributed by atoms with E-state index < -0.39 is 0 Å². The molecule has 0 saturated carbocycles. The fourth-order valence-corrected chi connectivity index (χ4v) is 2.17. The maximum atomic E-state index is 10.7. The Morgan fingerprint density at radius 3 is 2.29 bits per heavy atom. The van der Waals surface area contributed by atoms with Crippen LogP contribution in [0.5, 0.6) is 0 Å². The second kappa shape index (κ2) is 7.40. The van der Waals surface area contributed by atoms with Crippen LogP contribution in [0, 0.1) is 10.1 Å². The first kappa shape index (κ1) is 15.0. The standard InChI is InChI=1S/C16H19N3O2/c17-11-4-12-18(13-14-5-2-1-3-6-14)15-7-9-16(10-8-15)19(20)21/h1-3,5-10H,4,11-13,17H2. The van der Waals surface area contributed by atoms with Gasteiger partial charge < -0.3 is 10.6 Å². The van der Waals surface area contributed by atoms with Gasteiger partial charge in [-0.3, -0.25) is 10.1 Å². The summed E-state index contributed by atoms with van der Waals surface area (Å²) in [4.78, 5) is 12.5. The first-order valence-corrected chi connectivity index (χ1v) is 6.94. The van der Waals surface area contributed by atoms with Crippen molar-refractivity contribution in [3.8, 4) is 0 Å². The summed E-state index contributed by atoms with van der Waals surface area (Å²) in [6.07, 6.45) is 0.879. The molecule has 5 heteroatoms. The van der Waals surface area contributed by atoms with E-state index in [-0.39, 0.29) is 10.6 Å². The number of hydrogen-bond donors (Lipinski definition) is 1. The van der Waals surface area contributed by atoms with Gasteiger partial charge in [0.25, 0.3) is 5.69 Å². The molecule has 110 valence electrons. The highest BCUT2D eigenvalue weighted by atomic mass is 16.6. The minimum atomic E-state index is -0.384. The van der Waals surface area contributed by atoms with Crippen LogP contribution in [0.1, 0.15) is 12.0 Å². The van der Waals surface area contributed by atoms with Crippen molar-refractivity contribution in [1.29, 1.82) is 0 Å². The summed E-state index contributed by atoms with van der Waals surface area (Å²) in [6, 6.07) is 16.8. The Hall–Kier alpha value is -2.40. The van der Waals surface area contributed by atoms with Gasteiger partial charge in [0.2, 0.25) is 0 Å². The second-order valence-corrected chi connectivity index (χ2v) is 4.82. The van der Waals surface area contributed by atoms with Crippen LogP contribution in [-0.4, -0.2) is 18.0 Å². The van der Waals surface area contributed by atoms with Crippen molar-refractivity contribution < 1.29 is 4.92 Å². The predicted octanol–water partition coefficient (Wildman–Crippen LogP) is 2.95. The number of anilines is 1. The number of nitro groups is 1. The number of benzene rings is 2. The van der Waals surface area contributed by atoms with E-state index in [1.54, 1.807) is 12.1 Å². The molecule has 0 radical (unpaired) electrons. The summed E-state index contributed by atoms with van der Waals surface area (Å²) in [5.74, 6) is 0. The molecule has 0 bridgehead atoms. The number of rotatable bonds is 7. The van der Waals surface area contributed by atoms with Crippen molar-refractivity contribution in [3.05, 3.63) is 70.3 Å². The van der Waals surface area contributed by atoms with Gasteiger partial charge in [0.1, 0.15) is 0 Å². The van der Waals surface area contributed by atoms with Crippen molar-refractivity contribution in [2.75, 3.05) is 18.0 Å². The minimum Gasteiger partial charge on any atom is -0.367 e. The Bertz CT molecular complexity index is 570. The molecule has 0 amide bonds. The van der Waals surface area contributed by atoms with Gasteiger partial charge >= 0.3 is 0 Å². The SMILES string of the molecule is NCCCN(Cc1ccccc1)c1ccc([N+](=O)[O-])cc1. The summed E-state index contributed by atoms with van der Waals surface area (Å²) in [6.45, 7) is 2.21. The third kappa shape index (κ3) is 4.29. The Morgan fingerprint density at radius 2 is 1.71 bits per heavy atom. The van der Waals surface area contributed by atoms with E-state index in [1.165, 1.54) is 17.7 Å². The summed E-state index contributed by atoms with van der Waals surface area (Å²) >= 11 is 0. The lowest BCUT2D eigenvalue weighted by Gasteiger charge is -2.24. The first-order valence-electron chi connectivity index (χ1n) is 6.94. The molecule has 2 aromatic carbocycles. The van der Waals surface area contributed by atoms with Crippen LogP contribution in [-0.2, 0) is 6.54 Å². The molecule has 2 rings (SSSR count). The Kier molecular flexibility index (Phi) is 5.29. The van der Waals surface area contributed by atoms with Crippen LogP contribution in [0.15, 0.2) is 54.6 Å². The number of nitrogens with zero attached hydrogens (tertiary/aromatic N) is 2. The second-order valence-electron chi connectivity index (χ2n) is 4.82. The number of hydrogen-bond acceptors (Lipinski definition) is 4. The molecule has 0 aliphatic heterocycles. The molecular weight excluding hydrogens is 266 g/mol. The van der Waals surface area contributed by atoms with E-state index >= 15 is 0 Å². The lowest BCUT2D eigenvalue weighted by Crippen LogP contribution is -2.25. The number of nitrogens with two attached hydrogens (primary N) is 1. The highest BCUT2D eigenvalue weighted by Crippen LogP contribution is 2.21. The highest BCUT2D eigenvalue weighted by Gasteiger charge is 2.10. The molecule has 0 aliphatic rings. The zero-order valence-electron chi connectivity index (χ0n) is 11.8. The normalized spacial score (nSPS) is 10.3. The van der Waals surface area contributed by atoms with Crippen LogP contribution in [0.25, 0.3) is 0 Å². The smallest absolute Gasteiger partial charge is 0.269 e. The van der Waals surface area contributed by atoms with Gasteiger partial charge in [0.15, 0.2) is 0 Å². The van der Waals surface area contributed by atoms with Gasteiger partial charge in [-0.15, -0.1) is 0 Å². The quantitative estimate of drug-likeness (QED) is 0.627. The molecule has 5 nitrogen and oxygen atoms in total. The average Bonchev–Trinajstić information content (AvgIpc) is 2.52. The van der Waals surface area contributed by atoms with Gasteiger partial charge in [-0.25, -0.2) is 0 Å². The summed E-state index contributed by atoms with van der Waals surface area (Å²) in [5, 5.41) is 10.7. The molecule has 0 fully saturated rings. The molecule has 21 heavy (non-hydrogen) atoms. The van der Waals surface area contributed by atoms with Crippen molar-refractivity contribution in [2.24, 2.45) is 5.73 Å². The fraction of sp³-hybridized carbons (Fsp3) is 0.250. The summed E-state index contributed by atoms with van der Waals surface area (Å²) in [5.41, 5.74) is 7.88. The van der Waals surface area contributed by atoms with Crippen molar-refractivity contribution >= 4 is 11.4 Å². The predicted molar refractivity (Wildman–Crippen MR) is 84.3 cm³/mol. The molecule has 0 atom stereocenters. The molecular formula is C16H19N3O2. The van der Waals surface area contributed by atoms with Crippen LogP contribution < -0.4 is 10.6 Å². The average molecular weight is 285 g/mol. The zero-order chi connectivity index (χ0) is 15.1. The van der Waals surface area contributed by atoms with E-state index in [0.29, 0.717) is 6.54 Å². The molecule has 2 N–H and O–H groups in total. The van der Waals surface area contributed by atoms with Crippen LogP contribution >= 0.6 is 0 Å². The summed E-state index contributed by atoms with van der Waals surface area (Å²) in [7, 11) is 0. The van der Waals surface area contributed by atoms with Crippen LogP contribution in [0.4, 0.5) is 11.4 Å². The van der Waals surface area contributed by atoms with E-state index in [0.717, 1.165) is 25.2 Å². The monoisotopic (exact) mass is 285 g/mol. The Labute approximate surface area is 124 Å². The third-order valence-electron chi connectivity index (χ3n) is 3.27. The van der Waals surface area contributed by atoms with E-state index in [9.17, 15) is 10.1 Å². The maximum absolute atomic E-state index is 10.7. The van der Waals surface area contributed by atoms with Gasteiger partial charge in [-0.1, -0.05) is 30.3 Å². The van der Waals surface area contributed by atoms with E-state index in [2.05, 4.69) is 17.0 Å². The fourth-order valence-electron chi connectivity index (χ4n) is 2.17. The maximum Gasteiger partial charge on any atom is 0.269 e. The third-order valence-corrected chi connectivity index (χ3v) is 3.27. The summed E-state index contributed by atoms with van der Waals surface area (Å²) < 4.78 is 0. The Balaban J connectivity index is 2.16. The van der Waals surface area contributed by atoms with E-state index in [1.807, 2.05) is 18.2 Å². The topological polar surface area (TPSA) is 72.4 Å². The van der Waals surface area contributed by atoms with Crippen molar-refractivity contribution in [1.82, 2.24) is 0 Å². The molecule has 2 aromatic rings. The molecule has 0 spiro atoms. The Morgan fingerprint density at radius 1 is 1.05 bits per heavy atom. The van der Waals surface area contributed by atoms with Crippen molar-refractivity contribution in [2.45, 2.75) is 13.0 Å². The highest BCUT2D eigenvalue weighted by molar-refractivity contribution is 5.51. The molecule has 0 unspecified atom stereocenters. The lowest BCUT2D eigenvalue weighted by atomic mass is 10.2. The van der Waals surface area contributed by atoms with Crippen LogP contribution in [0.2, 0.25) is 0 Å². The van der Waals surface area contributed by atoms with Gasteiger partial charge in [-0.05, 0) is 30.7 Å². The lowest BCUT2D eigenvalue weighted by molar-refractivity contribution is -0.384. The largest absolute Gasteiger partial charge is 0.367 e. The molecule has 0 aliphatic carbocycles. The molecule has 0 saturated heterocycles. The minimum absolute atomic E-state index is 0.109. The van der Waals surface area contributed by atoms with Gasteiger partial charge in [-0.2, -0.15) is 0 Å². The van der Waals surface area contributed by atoms with Gasteiger partial charge in [0.05, 0.1) is 4.92 Å².